The van der Waals surface area contributed by atoms with Crippen molar-refractivity contribution in [3.8, 4) is 0 Å². The molecule has 0 spiro atoms. The van der Waals surface area contributed by atoms with Gasteiger partial charge in [-0.15, -0.1) is 5.10 Å². The second-order valence-corrected chi connectivity index (χ2v) is 5.85. The summed E-state index contributed by atoms with van der Waals surface area (Å²) in [6, 6.07) is 15.5. The first kappa shape index (κ1) is 16.6. The van der Waals surface area contributed by atoms with Crippen LogP contribution >= 0.6 is 0 Å². The SMILES string of the molecule is O=C(NCc1nc2ccccc2c(=O)[nH]1)[C@H](c1ccccc1)n1cnnn1. The van der Waals surface area contributed by atoms with Gasteiger partial charge < -0.3 is 10.3 Å². The molecule has 0 saturated carbocycles. The Morgan fingerprint density at radius 2 is 1.89 bits per heavy atom. The number of aromatic amines is 1. The van der Waals surface area contributed by atoms with Gasteiger partial charge in [0.2, 0.25) is 5.91 Å². The summed E-state index contributed by atoms with van der Waals surface area (Å²) in [6.45, 7) is 0.0738. The largest absolute Gasteiger partial charge is 0.347 e. The summed E-state index contributed by atoms with van der Waals surface area (Å²) >= 11 is 0. The molecular formula is C18H15N7O2. The van der Waals surface area contributed by atoms with Gasteiger partial charge in [-0.3, -0.25) is 9.59 Å². The predicted octanol–water partition coefficient (Wildman–Crippen LogP) is 0.815. The molecule has 0 saturated heterocycles. The quantitative estimate of drug-likeness (QED) is 0.543. The number of nitrogens with zero attached hydrogens (tertiary/aromatic N) is 5. The summed E-state index contributed by atoms with van der Waals surface area (Å²) in [6.07, 6.45) is 1.38. The van der Waals surface area contributed by atoms with E-state index in [4.69, 9.17) is 0 Å². The number of benzene rings is 2. The van der Waals surface area contributed by atoms with E-state index in [0.29, 0.717) is 16.7 Å². The molecule has 9 heteroatoms. The van der Waals surface area contributed by atoms with E-state index in [1.165, 1.54) is 11.0 Å². The maximum Gasteiger partial charge on any atom is 0.258 e. The highest BCUT2D eigenvalue weighted by molar-refractivity contribution is 5.83. The van der Waals surface area contributed by atoms with Gasteiger partial charge in [-0.25, -0.2) is 9.67 Å². The van der Waals surface area contributed by atoms with Crippen molar-refractivity contribution >= 4 is 16.8 Å². The van der Waals surface area contributed by atoms with Gasteiger partial charge >= 0.3 is 0 Å². The Morgan fingerprint density at radius 3 is 2.67 bits per heavy atom. The molecule has 2 aromatic carbocycles. The third-order valence-corrected chi connectivity index (χ3v) is 4.09. The van der Waals surface area contributed by atoms with Gasteiger partial charge in [0.1, 0.15) is 12.2 Å². The van der Waals surface area contributed by atoms with E-state index >= 15 is 0 Å². The Labute approximate surface area is 153 Å². The Kier molecular flexibility index (Phi) is 4.40. The summed E-state index contributed by atoms with van der Waals surface area (Å²) in [5.74, 6) is 0.0554. The van der Waals surface area contributed by atoms with Gasteiger partial charge in [0.05, 0.1) is 17.4 Å². The minimum atomic E-state index is -0.728. The lowest BCUT2D eigenvalue weighted by Crippen LogP contribution is -2.34. The molecule has 4 aromatic rings. The van der Waals surface area contributed by atoms with Crippen molar-refractivity contribution in [1.29, 1.82) is 0 Å². The topological polar surface area (TPSA) is 118 Å². The third kappa shape index (κ3) is 3.43. The normalized spacial score (nSPS) is 12.0. The lowest BCUT2D eigenvalue weighted by molar-refractivity contribution is -0.123. The number of aromatic nitrogens is 6. The highest BCUT2D eigenvalue weighted by atomic mass is 16.2. The summed E-state index contributed by atoms with van der Waals surface area (Å²) in [4.78, 5) is 32.0. The zero-order valence-corrected chi connectivity index (χ0v) is 14.1. The van der Waals surface area contributed by atoms with E-state index in [-0.39, 0.29) is 18.0 Å². The molecule has 0 unspecified atom stereocenters. The van der Waals surface area contributed by atoms with Crippen LogP contribution in [0, 0.1) is 0 Å². The third-order valence-electron chi connectivity index (χ3n) is 4.09. The fourth-order valence-electron chi connectivity index (χ4n) is 2.83. The van der Waals surface area contributed by atoms with Gasteiger partial charge in [-0.05, 0) is 28.1 Å². The number of H-pyrrole nitrogens is 1. The van der Waals surface area contributed by atoms with Crippen molar-refractivity contribution in [2.24, 2.45) is 0 Å². The van der Waals surface area contributed by atoms with Crippen LogP contribution < -0.4 is 10.9 Å². The van der Waals surface area contributed by atoms with Crippen molar-refractivity contribution in [1.82, 2.24) is 35.5 Å². The van der Waals surface area contributed by atoms with E-state index in [1.54, 1.807) is 24.3 Å². The fourth-order valence-corrected chi connectivity index (χ4v) is 2.83. The molecule has 2 aromatic heterocycles. The molecular weight excluding hydrogens is 346 g/mol. The van der Waals surface area contributed by atoms with E-state index in [0.717, 1.165) is 5.56 Å². The number of rotatable bonds is 5. The highest BCUT2D eigenvalue weighted by Crippen LogP contribution is 2.17. The van der Waals surface area contributed by atoms with Crippen LogP contribution in [0.15, 0.2) is 65.7 Å². The zero-order chi connectivity index (χ0) is 18.6. The molecule has 4 rings (SSSR count). The van der Waals surface area contributed by atoms with Gasteiger partial charge in [0.15, 0.2) is 6.04 Å². The molecule has 2 heterocycles. The van der Waals surface area contributed by atoms with Crippen LogP contribution in [0.25, 0.3) is 10.9 Å². The Hall–Kier alpha value is -3.88. The number of nitrogens with one attached hydrogen (secondary N) is 2. The van der Waals surface area contributed by atoms with Crippen LogP contribution in [-0.4, -0.2) is 36.1 Å². The first-order valence-corrected chi connectivity index (χ1v) is 8.25. The first-order valence-electron chi connectivity index (χ1n) is 8.25. The molecule has 0 fully saturated rings. The molecule has 0 radical (unpaired) electrons. The average Bonchev–Trinajstić information content (AvgIpc) is 3.22. The van der Waals surface area contributed by atoms with Crippen LogP contribution in [-0.2, 0) is 11.3 Å². The van der Waals surface area contributed by atoms with Gasteiger partial charge in [-0.1, -0.05) is 42.5 Å². The number of tetrazole rings is 1. The molecule has 0 bridgehead atoms. The maximum absolute atomic E-state index is 12.8. The molecule has 0 aliphatic heterocycles. The molecule has 2 N–H and O–H groups in total. The lowest BCUT2D eigenvalue weighted by atomic mass is 10.1. The van der Waals surface area contributed by atoms with Crippen LogP contribution in [0.3, 0.4) is 0 Å². The van der Waals surface area contributed by atoms with Gasteiger partial charge in [-0.2, -0.15) is 0 Å². The maximum atomic E-state index is 12.8. The minimum absolute atomic E-state index is 0.0738. The molecule has 9 nitrogen and oxygen atoms in total. The van der Waals surface area contributed by atoms with Gasteiger partial charge in [0, 0.05) is 0 Å². The number of carbonyl (C=O) groups is 1. The second-order valence-electron chi connectivity index (χ2n) is 5.85. The summed E-state index contributed by atoms with van der Waals surface area (Å²) in [5, 5.41) is 14.4. The summed E-state index contributed by atoms with van der Waals surface area (Å²) in [5.41, 5.74) is 1.07. The number of hydrogen-bond donors (Lipinski definition) is 2. The van der Waals surface area contributed by atoms with E-state index in [1.807, 2.05) is 30.3 Å². The van der Waals surface area contributed by atoms with Crippen LogP contribution in [0.5, 0.6) is 0 Å². The van der Waals surface area contributed by atoms with E-state index in [2.05, 4.69) is 30.8 Å². The zero-order valence-electron chi connectivity index (χ0n) is 14.1. The predicted molar refractivity (Wildman–Crippen MR) is 96.6 cm³/mol. The molecule has 0 aliphatic carbocycles. The van der Waals surface area contributed by atoms with E-state index < -0.39 is 6.04 Å². The molecule has 1 atom stereocenters. The Balaban J connectivity index is 1.58. The second kappa shape index (κ2) is 7.16. The number of hydrogen-bond acceptors (Lipinski definition) is 6. The average molecular weight is 361 g/mol. The monoisotopic (exact) mass is 361 g/mol. The smallest absolute Gasteiger partial charge is 0.258 e. The van der Waals surface area contributed by atoms with Crippen molar-refractivity contribution in [2.75, 3.05) is 0 Å². The Bertz CT molecular complexity index is 1120. The number of fused-ring (bicyclic) bond motifs is 1. The van der Waals surface area contributed by atoms with Crippen LogP contribution in [0.4, 0.5) is 0 Å². The molecule has 134 valence electrons. The number of amides is 1. The van der Waals surface area contributed by atoms with E-state index in [9.17, 15) is 9.59 Å². The highest BCUT2D eigenvalue weighted by Gasteiger charge is 2.23. The number of carbonyl (C=O) groups excluding carboxylic acids is 1. The molecule has 27 heavy (non-hydrogen) atoms. The van der Waals surface area contributed by atoms with Crippen molar-refractivity contribution in [2.45, 2.75) is 12.6 Å². The van der Waals surface area contributed by atoms with Gasteiger partial charge in [0.25, 0.3) is 5.56 Å². The van der Waals surface area contributed by atoms with Crippen molar-refractivity contribution < 1.29 is 4.79 Å². The Morgan fingerprint density at radius 1 is 1.11 bits per heavy atom. The standard InChI is InChI=1S/C18H15N7O2/c26-17-13-8-4-5-9-14(13)21-15(22-17)10-19-18(27)16(25-11-20-23-24-25)12-6-2-1-3-7-12/h1-9,11,16H,10H2,(H,19,27)(H,21,22,26)/t16-/m0/s1. The summed E-state index contributed by atoms with van der Waals surface area (Å²) < 4.78 is 1.38. The first-order chi connectivity index (χ1) is 13.2. The molecule has 1 amide bonds. The minimum Gasteiger partial charge on any atom is -0.347 e. The van der Waals surface area contributed by atoms with Crippen LogP contribution in [0.2, 0.25) is 0 Å². The lowest BCUT2D eigenvalue weighted by Gasteiger charge is -2.16. The summed E-state index contributed by atoms with van der Waals surface area (Å²) in [7, 11) is 0. The van der Waals surface area contributed by atoms with Crippen molar-refractivity contribution in [3.05, 3.63) is 82.7 Å². The molecule has 0 aliphatic rings. The van der Waals surface area contributed by atoms with Crippen LogP contribution in [0.1, 0.15) is 17.4 Å². The van der Waals surface area contributed by atoms with Crippen molar-refractivity contribution in [3.63, 3.8) is 0 Å². The fraction of sp³-hybridized carbons (Fsp3) is 0.111. The number of para-hydroxylation sites is 1.